The minimum atomic E-state index is -5.00. The van der Waals surface area contributed by atoms with Crippen LogP contribution in [0.15, 0.2) is 18.5 Å². The molecule has 1 saturated heterocycles. The molecule has 1 unspecified atom stereocenters. The molecule has 1 amide bonds. The number of nitrogens with zero attached hydrogens (tertiary/aromatic N) is 2. The molecule has 2 aromatic rings. The Morgan fingerprint density at radius 1 is 1.33 bits per heavy atom. The van der Waals surface area contributed by atoms with Gasteiger partial charge in [0.2, 0.25) is 0 Å². The Balaban J connectivity index is 1.97. The van der Waals surface area contributed by atoms with Crippen molar-refractivity contribution in [2.24, 2.45) is 5.41 Å². The molecule has 1 aromatic carbocycles. The third-order valence-electron chi connectivity index (χ3n) is 4.23. The van der Waals surface area contributed by atoms with Crippen LogP contribution in [-0.4, -0.2) is 51.1 Å². The quantitative estimate of drug-likeness (QED) is 0.817. The summed E-state index contributed by atoms with van der Waals surface area (Å²) in [6.45, 7) is -1.42. The van der Waals surface area contributed by atoms with E-state index >= 15 is 0 Å². The molecule has 2 N–H and O–H groups in total. The number of aromatic amines is 1. The minimum Gasteiger partial charge on any atom is -0.481 e. The fraction of sp³-hybridized carbons (Fsp3) is 0.357. The minimum absolute atomic E-state index is 0.112. The van der Waals surface area contributed by atoms with Gasteiger partial charge in [0.1, 0.15) is 11.3 Å². The highest BCUT2D eigenvalue weighted by Crippen LogP contribution is 2.46. The van der Waals surface area contributed by atoms with Crippen molar-refractivity contribution in [3.63, 3.8) is 0 Å². The van der Waals surface area contributed by atoms with Crippen LogP contribution < -0.4 is 0 Å². The van der Waals surface area contributed by atoms with Gasteiger partial charge in [-0.25, -0.2) is 9.37 Å². The number of fused-ring (bicyclic) bond motifs is 1. The van der Waals surface area contributed by atoms with Gasteiger partial charge in [-0.1, -0.05) is 0 Å². The summed E-state index contributed by atoms with van der Waals surface area (Å²) in [4.78, 5) is 30.9. The highest BCUT2D eigenvalue weighted by Gasteiger charge is 2.64. The van der Waals surface area contributed by atoms with Gasteiger partial charge < -0.3 is 15.0 Å². The first kappa shape index (κ1) is 16.2. The number of aliphatic carboxylic acids is 1. The van der Waals surface area contributed by atoms with E-state index in [1.54, 1.807) is 0 Å². The number of H-pyrrole nitrogens is 1. The summed E-state index contributed by atoms with van der Waals surface area (Å²) in [5.41, 5.74) is -2.89. The van der Waals surface area contributed by atoms with Crippen molar-refractivity contribution in [1.29, 1.82) is 0 Å². The van der Waals surface area contributed by atoms with Gasteiger partial charge in [0.15, 0.2) is 5.41 Å². The number of carbonyl (C=O) groups excluding carboxylic acids is 1. The van der Waals surface area contributed by atoms with Crippen LogP contribution in [0.2, 0.25) is 0 Å². The lowest BCUT2D eigenvalue weighted by molar-refractivity contribution is -0.227. The van der Waals surface area contributed by atoms with Crippen molar-refractivity contribution < 1.29 is 32.3 Å². The van der Waals surface area contributed by atoms with Crippen LogP contribution in [0.25, 0.3) is 11.0 Å². The van der Waals surface area contributed by atoms with Crippen LogP contribution in [0.5, 0.6) is 0 Å². The summed E-state index contributed by atoms with van der Waals surface area (Å²) in [5, 5.41) is 9.02. The van der Waals surface area contributed by atoms with E-state index < -0.39 is 48.8 Å². The predicted molar refractivity (Wildman–Crippen MR) is 72.7 cm³/mol. The standard InChI is InChI=1S/C14H11F4N3O3/c15-7-3-8(10-9(4-7)19-6-20-10)11(22)21-2-1-13(5-21,12(23)24)14(16,17)18/h3-4,6H,1-2,5H2,(H,19,20)(H,23,24). The fourth-order valence-corrected chi connectivity index (χ4v) is 2.86. The highest BCUT2D eigenvalue weighted by atomic mass is 19.4. The number of rotatable bonds is 2. The van der Waals surface area contributed by atoms with Gasteiger partial charge in [-0.05, 0) is 18.6 Å². The van der Waals surface area contributed by atoms with E-state index in [0.717, 1.165) is 17.0 Å². The first-order valence-corrected chi connectivity index (χ1v) is 6.88. The zero-order valence-electron chi connectivity index (χ0n) is 12.0. The molecule has 2 heterocycles. The molecule has 0 saturated carbocycles. The molecular weight excluding hydrogens is 334 g/mol. The number of hydrogen-bond acceptors (Lipinski definition) is 3. The van der Waals surface area contributed by atoms with Gasteiger partial charge in [0.25, 0.3) is 5.91 Å². The SMILES string of the molecule is O=C(c1cc(F)cc2[nH]cnc12)N1CCC(C(=O)O)(C(F)(F)F)C1. The lowest BCUT2D eigenvalue weighted by Gasteiger charge is -2.27. The van der Waals surface area contributed by atoms with E-state index in [-0.39, 0.29) is 16.6 Å². The molecule has 1 atom stereocenters. The molecule has 1 aromatic heterocycles. The van der Waals surface area contributed by atoms with Crippen molar-refractivity contribution >= 4 is 22.9 Å². The number of halogens is 4. The molecule has 3 rings (SSSR count). The average molecular weight is 345 g/mol. The molecule has 128 valence electrons. The Kier molecular flexibility index (Phi) is 3.50. The number of alkyl halides is 3. The Hall–Kier alpha value is -2.65. The van der Waals surface area contributed by atoms with Crippen molar-refractivity contribution in [1.82, 2.24) is 14.9 Å². The number of carbonyl (C=O) groups is 2. The molecule has 6 nitrogen and oxygen atoms in total. The van der Waals surface area contributed by atoms with E-state index in [2.05, 4.69) is 9.97 Å². The van der Waals surface area contributed by atoms with Gasteiger partial charge in [-0.2, -0.15) is 13.2 Å². The Morgan fingerprint density at radius 2 is 2.04 bits per heavy atom. The van der Waals surface area contributed by atoms with E-state index in [0.29, 0.717) is 0 Å². The highest BCUT2D eigenvalue weighted by molar-refractivity contribution is 6.05. The second-order valence-electron chi connectivity index (χ2n) is 5.61. The number of carboxylic acid groups (broad SMARTS) is 1. The molecule has 1 aliphatic rings. The topological polar surface area (TPSA) is 86.3 Å². The van der Waals surface area contributed by atoms with Crippen LogP contribution in [0.3, 0.4) is 0 Å². The number of nitrogens with one attached hydrogen (secondary N) is 1. The lowest BCUT2D eigenvalue weighted by Crippen LogP contribution is -2.47. The first-order chi connectivity index (χ1) is 11.2. The van der Waals surface area contributed by atoms with Crippen LogP contribution in [-0.2, 0) is 4.79 Å². The Bertz CT molecular complexity index is 832. The van der Waals surface area contributed by atoms with Crippen molar-refractivity contribution in [2.75, 3.05) is 13.1 Å². The summed E-state index contributed by atoms with van der Waals surface area (Å²) in [7, 11) is 0. The molecule has 0 radical (unpaired) electrons. The largest absolute Gasteiger partial charge is 0.481 e. The summed E-state index contributed by atoms with van der Waals surface area (Å²) in [6.07, 6.45) is -4.53. The Labute approximate surface area is 132 Å². The van der Waals surface area contributed by atoms with Gasteiger partial charge in [0, 0.05) is 13.1 Å². The van der Waals surface area contributed by atoms with Crippen LogP contribution in [0.4, 0.5) is 17.6 Å². The van der Waals surface area contributed by atoms with Crippen molar-refractivity contribution in [3.8, 4) is 0 Å². The molecular formula is C14H11F4N3O3. The molecule has 1 fully saturated rings. The molecule has 24 heavy (non-hydrogen) atoms. The monoisotopic (exact) mass is 345 g/mol. The third-order valence-corrected chi connectivity index (χ3v) is 4.23. The number of hydrogen-bond donors (Lipinski definition) is 2. The van der Waals surface area contributed by atoms with Crippen LogP contribution >= 0.6 is 0 Å². The summed E-state index contributed by atoms with van der Waals surface area (Å²) < 4.78 is 53.1. The molecule has 1 aliphatic heterocycles. The van der Waals surface area contributed by atoms with Gasteiger partial charge in [-0.15, -0.1) is 0 Å². The maximum absolute atomic E-state index is 13.6. The Morgan fingerprint density at radius 3 is 2.62 bits per heavy atom. The van der Waals surface area contributed by atoms with Gasteiger partial charge in [0.05, 0.1) is 17.4 Å². The maximum Gasteiger partial charge on any atom is 0.406 e. The van der Waals surface area contributed by atoms with E-state index in [1.807, 2.05) is 0 Å². The molecule has 0 spiro atoms. The van der Waals surface area contributed by atoms with Crippen molar-refractivity contribution in [3.05, 3.63) is 29.8 Å². The van der Waals surface area contributed by atoms with Gasteiger partial charge in [-0.3, -0.25) is 9.59 Å². The summed E-state index contributed by atoms with van der Waals surface area (Å²) in [6, 6.07) is 1.97. The summed E-state index contributed by atoms with van der Waals surface area (Å²) >= 11 is 0. The second-order valence-corrected chi connectivity index (χ2v) is 5.61. The number of imidazole rings is 1. The number of likely N-dealkylation sites (tertiary alicyclic amines) is 1. The number of amides is 1. The number of carboxylic acids is 1. The summed E-state index contributed by atoms with van der Waals surface area (Å²) in [5.74, 6) is -3.68. The first-order valence-electron chi connectivity index (χ1n) is 6.88. The van der Waals surface area contributed by atoms with Crippen molar-refractivity contribution in [2.45, 2.75) is 12.6 Å². The molecule has 0 bridgehead atoms. The van der Waals surface area contributed by atoms with E-state index in [1.165, 1.54) is 6.33 Å². The normalized spacial score (nSPS) is 21.4. The number of benzene rings is 1. The van der Waals surface area contributed by atoms with Crippen LogP contribution in [0.1, 0.15) is 16.8 Å². The smallest absolute Gasteiger partial charge is 0.406 e. The average Bonchev–Trinajstić information content (AvgIpc) is 3.11. The predicted octanol–water partition coefficient (Wildman–Crippen LogP) is 2.18. The molecule has 10 heteroatoms. The second kappa shape index (κ2) is 5.18. The van der Waals surface area contributed by atoms with E-state index in [9.17, 15) is 27.2 Å². The maximum atomic E-state index is 13.6. The number of aromatic nitrogens is 2. The van der Waals surface area contributed by atoms with Gasteiger partial charge >= 0.3 is 12.1 Å². The molecule has 0 aliphatic carbocycles. The van der Waals surface area contributed by atoms with Crippen LogP contribution in [0, 0.1) is 11.2 Å². The fourth-order valence-electron chi connectivity index (χ4n) is 2.86. The third kappa shape index (κ3) is 2.29. The zero-order chi connectivity index (χ0) is 17.7. The van der Waals surface area contributed by atoms with E-state index in [4.69, 9.17) is 5.11 Å². The zero-order valence-corrected chi connectivity index (χ0v) is 12.0. The lowest BCUT2D eigenvalue weighted by atomic mass is 9.86.